The molecule has 1 aromatic carbocycles. The second-order valence-corrected chi connectivity index (χ2v) is 5.87. The number of unbranched alkanes of at least 4 members (excludes halogenated alkanes) is 2. The number of benzene rings is 1. The van der Waals surface area contributed by atoms with E-state index in [0.717, 1.165) is 19.3 Å². The van der Waals surface area contributed by atoms with Crippen molar-refractivity contribution in [2.75, 3.05) is 0 Å². The highest BCUT2D eigenvalue weighted by Gasteiger charge is 2.09. The smallest absolute Gasteiger partial charge is 0.306 e. The van der Waals surface area contributed by atoms with E-state index in [-0.39, 0.29) is 17.5 Å². The summed E-state index contributed by atoms with van der Waals surface area (Å²) in [6.07, 6.45) is 3.24. The van der Waals surface area contributed by atoms with Crippen LogP contribution in [0, 0.1) is 0 Å². The maximum absolute atomic E-state index is 11.4. The normalized spacial score (nSPS) is 11.3. The average Bonchev–Trinajstić information content (AvgIpc) is 2.36. The molecule has 0 heterocycles. The van der Waals surface area contributed by atoms with Gasteiger partial charge in [-0.3, -0.25) is 4.79 Å². The van der Waals surface area contributed by atoms with Gasteiger partial charge in [-0.1, -0.05) is 31.9 Å². The van der Waals surface area contributed by atoms with E-state index >= 15 is 0 Å². The first-order chi connectivity index (χ1) is 8.93. The van der Waals surface area contributed by atoms with E-state index < -0.39 is 10.0 Å². The Kier molecular flexibility index (Phi) is 5.98. The SMILES string of the molecule is CCCCCC(=O)OCc1cccc(S(N)(=O)=O)c1. The van der Waals surface area contributed by atoms with Crippen LogP contribution < -0.4 is 5.14 Å². The molecule has 0 spiro atoms. The topological polar surface area (TPSA) is 86.5 Å². The molecular weight excluding hydrogens is 266 g/mol. The van der Waals surface area contributed by atoms with E-state index in [4.69, 9.17) is 9.88 Å². The zero-order chi connectivity index (χ0) is 14.3. The Morgan fingerprint density at radius 2 is 2.05 bits per heavy atom. The molecule has 5 nitrogen and oxygen atoms in total. The number of esters is 1. The molecule has 0 fully saturated rings. The maximum Gasteiger partial charge on any atom is 0.306 e. The van der Waals surface area contributed by atoms with Crippen LogP contribution in [0.1, 0.15) is 38.2 Å². The quantitative estimate of drug-likeness (QED) is 0.613. The van der Waals surface area contributed by atoms with Crippen molar-refractivity contribution in [1.29, 1.82) is 0 Å². The zero-order valence-electron chi connectivity index (χ0n) is 11.0. The summed E-state index contributed by atoms with van der Waals surface area (Å²) in [6.45, 7) is 2.12. The Bertz CT molecular complexity index is 525. The molecule has 0 unspecified atom stereocenters. The van der Waals surface area contributed by atoms with Gasteiger partial charge >= 0.3 is 5.97 Å². The third-order valence-corrected chi connectivity index (χ3v) is 3.52. The molecule has 0 aromatic heterocycles. The fourth-order valence-electron chi connectivity index (χ4n) is 1.57. The molecule has 106 valence electrons. The van der Waals surface area contributed by atoms with Gasteiger partial charge in [0.2, 0.25) is 10.0 Å². The van der Waals surface area contributed by atoms with Crippen molar-refractivity contribution >= 4 is 16.0 Å². The number of ether oxygens (including phenoxy) is 1. The largest absolute Gasteiger partial charge is 0.461 e. The predicted octanol–water partition coefficient (Wildman–Crippen LogP) is 1.96. The fourth-order valence-corrected chi connectivity index (χ4v) is 2.15. The van der Waals surface area contributed by atoms with Crippen molar-refractivity contribution in [3.8, 4) is 0 Å². The van der Waals surface area contributed by atoms with Gasteiger partial charge in [0, 0.05) is 6.42 Å². The Balaban J connectivity index is 2.52. The zero-order valence-corrected chi connectivity index (χ0v) is 11.8. The molecule has 6 heteroatoms. The molecule has 19 heavy (non-hydrogen) atoms. The van der Waals surface area contributed by atoms with Gasteiger partial charge in [0.1, 0.15) is 6.61 Å². The molecule has 0 aliphatic rings. The van der Waals surface area contributed by atoms with Crippen LogP contribution in [0.5, 0.6) is 0 Å². The summed E-state index contributed by atoms with van der Waals surface area (Å²) in [5, 5.41) is 5.03. The molecule has 0 saturated carbocycles. The Morgan fingerprint density at radius 3 is 2.68 bits per heavy atom. The van der Waals surface area contributed by atoms with Crippen molar-refractivity contribution < 1.29 is 17.9 Å². The second-order valence-electron chi connectivity index (χ2n) is 4.31. The number of primary sulfonamides is 1. The first-order valence-electron chi connectivity index (χ1n) is 6.21. The highest BCUT2D eigenvalue weighted by atomic mass is 32.2. The minimum atomic E-state index is -3.72. The minimum absolute atomic E-state index is 0.0204. The van der Waals surface area contributed by atoms with Crippen LogP contribution in [0.25, 0.3) is 0 Å². The van der Waals surface area contributed by atoms with Crippen molar-refractivity contribution in [2.24, 2.45) is 5.14 Å². The molecule has 0 saturated heterocycles. The molecule has 0 bridgehead atoms. The van der Waals surface area contributed by atoms with Gasteiger partial charge in [0.25, 0.3) is 0 Å². The highest BCUT2D eigenvalue weighted by molar-refractivity contribution is 7.89. The minimum Gasteiger partial charge on any atom is -0.461 e. The Labute approximate surface area is 113 Å². The number of sulfonamides is 1. The van der Waals surface area contributed by atoms with E-state index in [0.29, 0.717) is 12.0 Å². The second kappa shape index (κ2) is 7.25. The van der Waals surface area contributed by atoms with E-state index in [1.807, 2.05) is 0 Å². The number of hydrogen-bond acceptors (Lipinski definition) is 4. The van der Waals surface area contributed by atoms with Crippen LogP contribution in [0.3, 0.4) is 0 Å². The first kappa shape index (κ1) is 15.7. The number of nitrogens with two attached hydrogens (primary N) is 1. The van der Waals surface area contributed by atoms with Gasteiger partial charge in [0.05, 0.1) is 4.90 Å². The summed E-state index contributed by atoms with van der Waals surface area (Å²) in [6, 6.07) is 6.07. The lowest BCUT2D eigenvalue weighted by Crippen LogP contribution is -2.12. The Hall–Kier alpha value is -1.40. The predicted molar refractivity (Wildman–Crippen MR) is 71.8 cm³/mol. The average molecular weight is 285 g/mol. The summed E-state index contributed by atoms with van der Waals surface area (Å²) in [5.41, 5.74) is 0.607. The maximum atomic E-state index is 11.4. The van der Waals surface area contributed by atoms with Crippen molar-refractivity contribution in [3.05, 3.63) is 29.8 Å². The van der Waals surface area contributed by atoms with Crippen LogP contribution in [-0.4, -0.2) is 14.4 Å². The lowest BCUT2D eigenvalue weighted by Gasteiger charge is -2.06. The number of carbonyl (C=O) groups excluding carboxylic acids is 1. The molecule has 0 amide bonds. The van der Waals surface area contributed by atoms with Crippen LogP contribution in [0.15, 0.2) is 29.2 Å². The summed E-state index contributed by atoms with van der Waals surface area (Å²) >= 11 is 0. The monoisotopic (exact) mass is 285 g/mol. The van der Waals surface area contributed by atoms with Gasteiger partial charge in [-0.15, -0.1) is 0 Å². The third-order valence-electron chi connectivity index (χ3n) is 2.61. The van der Waals surface area contributed by atoms with Gasteiger partial charge in [-0.25, -0.2) is 13.6 Å². The lowest BCUT2D eigenvalue weighted by molar-refractivity contribution is -0.145. The summed E-state index contributed by atoms with van der Waals surface area (Å²) in [5.74, 6) is -0.269. The van der Waals surface area contributed by atoms with Crippen molar-refractivity contribution in [2.45, 2.75) is 44.1 Å². The number of hydrogen-bond donors (Lipinski definition) is 1. The molecule has 1 rings (SSSR count). The molecular formula is C13H19NO4S. The van der Waals surface area contributed by atoms with E-state index in [1.165, 1.54) is 12.1 Å². The lowest BCUT2D eigenvalue weighted by atomic mass is 10.2. The van der Waals surface area contributed by atoms with Gasteiger partial charge < -0.3 is 4.74 Å². The Morgan fingerprint density at radius 1 is 1.32 bits per heavy atom. The number of rotatable bonds is 7. The molecule has 1 aromatic rings. The van der Waals surface area contributed by atoms with Crippen LogP contribution in [0.2, 0.25) is 0 Å². The van der Waals surface area contributed by atoms with Crippen LogP contribution in [-0.2, 0) is 26.2 Å². The van der Waals surface area contributed by atoms with E-state index in [2.05, 4.69) is 6.92 Å². The van der Waals surface area contributed by atoms with Gasteiger partial charge in [0.15, 0.2) is 0 Å². The van der Waals surface area contributed by atoms with Gasteiger partial charge in [-0.2, -0.15) is 0 Å². The molecule has 0 atom stereocenters. The first-order valence-corrected chi connectivity index (χ1v) is 7.75. The molecule has 2 N–H and O–H groups in total. The molecule has 0 aliphatic carbocycles. The fraction of sp³-hybridized carbons (Fsp3) is 0.462. The third kappa shape index (κ3) is 5.85. The van der Waals surface area contributed by atoms with Crippen molar-refractivity contribution in [3.63, 3.8) is 0 Å². The highest BCUT2D eigenvalue weighted by Crippen LogP contribution is 2.11. The van der Waals surface area contributed by atoms with E-state index in [1.54, 1.807) is 12.1 Å². The standard InChI is InChI=1S/C13H19NO4S/c1-2-3-4-8-13(15)18-10-11-6-5-7-12(9-11)19(14,16)17/h5-7,9H,2-4,8,10H2,1H3,(H2,14,16,17). The summed E-state index contributed by atoms with van der Waals surface area (Å²) < 4.78 is 27.4. The molecule has 0 aliphatic heterocycles. The summed E-state index contributed by atoms with van der Waals surface area (Å²) in [7, 11) is -3.72. The van der Waals surface area contributed by atoms with Crippen LogP contribution in [0.4, 0.5) is 0 Å². The number of carbonyl (C=O) groups is 1. The van der Waals surface area contributed by atoms with Crippen LogP contribution >= 0.6 is 0 Å². The van der Waals surface area contributed by atoms with Gasteiger partial charge in [-0.05, 0) is 24.1 Å². The molecule has 0 radical (unpaired) electrons. The summed E-state index contributed by atoms with van der Waals surface area (Å²) in [4.78, 5) is 11.4. The van der Waals surface area contributed by atoms with Crippen molar-refractivity contribution in [1.82, 2.24) is 0 Å². The van der Waals surface area contributed by atoms with E-state index in [9.17, 15) is 13.2 Å².